The molecule has 0 aromatic heterocycles. The van der Waals surface area contributed by atoms with E-state index in [4.69, 9.17) is 4.74 Å². The summed E-state index contributed by atoms with van der Waals surface area (Å²) in [5, 5.41) is 23.8. The van der Waals surface area contributed by atoms with E-state index in [9.17, 15) is 19.8 Å². The van der Waals surface area contributed by atoms with E-state index in [0.717, 1.165) is 103 Å². The van der Waals surface area contributed by atoms with Crippen molar-refractivity contribution in [3.63, 3.8) is 0 Å². The Kier molecular flexibility index (Phi) is 45.7. The van der Waals surface area contributed by atoms with Crippen LogP contribution in [0.2, 0.25) is 0 Å². The average Bonchev–Trinajstić information content (AvgIpc) is 3.24. The maximum Gasteiger partial charge on any atom is 0.306 e. The van der Waals surface area contributed by atoms with Gasteiger partial charge in [-0.3, -0.25) is 9.59 Å². The predicted octanol–water partition coefficient (Wildman–Crippen LogP) is 15.2. The minimum absolute atomic E-state index is 0.0615. The van der Waals surface area contributed by atoms with Crippen molar-refractivity contribution < 1.29 is 24.5 Å². The molecule has 0 aromatic rings. The third kappa shape index (κ3) is 42.3. The number of aliphatic hydroxyl groups excluding tert-OH is 2. The first kappa shape index (κ1) is 57.6. The summed E-state index contributed by atoms with van der Waals surface area (Å²) in [5.74, 6) is -0.502. The van der Waals surface area contributed by atoms with Crippen LogP contribution in [0, 0.1) is 0 Å². The highest BCUT2D eigenvalue weighted by molar-refractivity contribution is 5.77. The first-order valence-corrected chi connectivity index (χ1v) is 25.5. The molecule has 1 amide bonds. The number of hydrogen-bond donors (Lipinski definition) is 3. The maximum absolute atomic E-state index is 13.2. The molecular formula is C54H97NO5. The highest BCUT2D eigenvalue weighted by Gasteiger charge is 2.24. The zero-order valence-electron chi connectivity index (χ0n) is 39.6. The van der Waals surface area contributed by atoms with Gasteiger partial charge in [-0.25, -0.2) is 0 Å². The first-order valence-electron chi connectivity index (χ1n) is 25.5. The lowest BCUT2D eigenvalue weighted by molar-refractivity contribution is -0.151. The largest absolute Gasteiger partial charge is 0.462 e. The third-order valence-corrected chi connectivity index (χ3v) is 11.3. The number of hydrogen-bond acceptors (Lipinski definition) is 5. The maximum atomic E-state index is 13.2. The number of carbonyl (C=O) groups excluding carboxylic acids is 2. The lowest BCUT2D eigenvalue weighted by atomic mass is 10.0. The summed E-state index contributed by atoms with van der Waals surface area (Å²) in [6, 6.07) is -0.709. The van der Waals surface area contributed by atoms with Crippen molar-refractivity contribution >= 4 is 11.9 Å². The second-order valence-electron chi connectivity index (χ2n) is 17.2. The van der Waals surface area contributed by atoms with E-state index in [1.165, 1.54) is 96.3 Å². The summed E-state index contributed by atoms with van der Waals surface area (Å²) >= 11 is 0. The molecule has 60 heavy (non-hydrogen) atoms. The van der Waals surface area contributed by atoms with Crippen molar-refractivity contribution in [2.75, 3.05) is 6.61 Å². The molecule has 6 nitrogen and oxygen atoms in total. The van der Waals surface area contributed by atoms with Gasteiger partial charge in [0, 0.05) is 6.42 Å². The molecule has 0 aliphatic rings. The van der Waals surface area contributed by atoms with Crippen LogP contribution < -0.4 is 5.32 Å². The normalized spacial score (nSPS) is 13.8. The number of rotatable bonds is 45. The number of carbonyl (C=O) groups is 2. The van der Waals surface area contributed by atoms with Gasteiger partial charge in [0.1, 0.15) is 6.10 Å². The monoisotopic (exact) mass is 840 g/mol. The van der Waals surface area contributed by atoms with Crippen LogP contribution in [-0.4, -0.2) is 46.9 Å². The number of unbranched alkanes of at least 4 members (excludes halogenated alkanes) is 23. The standard InChI is InChI=1S/C54H97NO5/c1-4-7-10-13-16-19-22-25-26-27-29-32-35-38-41-44-47-54(59)60-50(45-42-39-36-33-30-24-21-18-15-12-9-6-3)48-53(58)55-51(49-56)52(57)46-43-40-37-34-31-28-23-20-17-14-11-8-5-2/h7,9-10,12,16,18-19,21,25-26,50-52,56-57H,4-6,8,11,13-15,17,20,22-24,27-49H2,1-3H3,(H,55,58)/b10-7+,12-9+,19-16+,21-18+,26-25+. The van der Waals surface area contributed by atoms with Gasteiger partial charge in [0.25, 0.3) is 0 Å². The first-order chi connectivity index (χ1) is 29.5. The van der Waals surface area contributed by atoms with Gasteiger partial charge in [0.05, 0.1) is 25.2 Å². The molecule has 0 bridgehead atoms. The van der Waals surface area contributed by atoms with Gasteiger partial charge in [-0.05, 0) is 83.5 Å². The number of amides is 1. The zero-order chi connectivity index (χ0) is 43.8. The summed E-state index contributed by atoms with van der Waals surface area (Å²) in [4.78, 5) is 26.1. The average molecular weight is 840 g/mol. The molecule has 348 valence electrons. The molecule has 3 atom stereocenters. The van der Waals surface area contributed by atoms with Crippen LogP contribution in [0.5, 0.6) is 0 Å². The Morgan fingerprint density at radius 2 is 0.900 bits per heavy atom. The Morgan fingerprint density at radius 1 is 0.500 bits per heavy atom. The van der Waals surface area contributed by atoms with Crippen LogP contribution in [0.25, 0.3) is 0 Å². The highest BCUT2D eigenvalue weighted by atomic mass is 16.5. The Balaban J connectivity index is 4.58. The molecule has 6 heteroatoms. The minimum Gasteiger partial charge on any atom is -0.462 e. The van der Waals surface area contributed by atoms with Crippen LogP contribution in [0.15, 0.2) is 60.8 Å². The number of aliphatic hydroxyl groups is 2. The molecule has 0 saturated carbocycles. The molecule has 0 fully saturated rings. The lowest BCUT2D eigenvalue weighted by Gasteiger charge is -2.24. The van der Waals surface area contributed by atoms with E-state index in [-0.39, 0.29) is 24.9 Å². The second-order valence-corrected chi connectivity index (χ2v) is 17.2. The molecule has 3 N–H and O–H groups in total. The van der Waals surface area contributed by atoms with Crippen LogP contribution in [0.3, 0.4) is 0 Å². The number of esters is 1. The fourth-order valence-electron chi connectivity index (χ4n) is 7.54. The number of nitrogens with one attached hydrogen (secondary N) is 1. The molecule has 0 rings (SSSR count). The topological polar surface area (TPSA) is 95.9 Å². The second kappa shape index (κ2) is 47.6. The van der Waals surface area contributed by atoms with Crippen LogP contribution in [0.4, 0.5) is 0 Å². The summed E-state index contributed by atoms with van der Waals surface area (Å²) in [6.07, 6.45) is 58.5. The van der Waals surface area contributed by atoms with Gasteiger partial charge in [-0.1, -0.05) is 210 Å². The highest BCUT2D eigenvalue weighted by Crippen LogP contribution is 2.18. The fraction of sp³-hybridized carbons (Fsp3) is 0.778. The van der Waals surface area contributed by atoms with Crippen molar-refractivity contribution in [2.24, 2.45) is 0 Å². The Bertz CT molecular complexity index is 1080. The SMILES string of the molecule is CC/C=C/C/C=C/C/C=C/CCCCCCCCC(=O)OC(CCCCCCC/C=C/C/C=C/CC)CC(=O)NC(CO)C(O)CCCCCCCCCCCCCCC. The molecule has 0 saturated heterocycles. The molecule has 3 unspecified atom stereocenters. The fourth-order valence-corrected chi connectivity index (χ4v) is 7.54. The van der Waals surface area contributed by atoms with Crippen molar-refractivity contribution in [3.8, 4) is 0 Å². The van der Waals surface area contributed by atoms with Crippen molar-refractivity contribution in [2.45, 2.75) is 264 Å². The van der Waals surface area contributed by atoms with E-state index in [2.05, 4.69) is 86.8 Å². The lowest BCUT2D eigenvalue weighted by Crippen LogP contribution is -2.46. The van der Waals surface area contributed by atoms with Crippen LogP contribution in [0.1, 0.15) is 245 Å². The van der Waals surface area contributed by atoms with Gasteiger partial charge in [-0.2, -0.15) is 0 Å². The smallest absolute Gasteiger partial charge is 0.306 e. The molecule has 0 radical (unpaired) electrons. The summed E-state index contributed by atoms with van der Waals surface area (Å²) in [5.41, 5.74) is 0. The molecule has 0 aliphatic heterocycles. The van der Waals surface area contributed by atoms with E-state index in [1.807, 2.05) is 0 Å². The van der Waals surface area contributed by atoms with E-state index < -0.39 is 18.2 Å². The van der Waals surface area contributed by atoms with Crippen molar-refractivity contribution in [1.82, 2.24) is 5.32 Å². The van der Waals surface area contributed by atoms with Crippen LogP contribution in [-0.2, 0) is 14.3 Å². The van der Waals surface area contributed by atoms with Gasteiger partial charge < -0.3 is 20.3 Å². The Labute approximate surface area is 371 Å². The van der Waals surface area contributed by atoms with Crippen molar-refractivity contribution in [1.29, 1.82) is 0 Å². The van der Waals surface area contributed by atoms with Crippen molar-refractivity contribution in [3.05, 3.63) is 60.8 Å². The van der Waals surface area contributed by atoms with Gasteiger partial charge in [0.2, 0.25) is 5.91 Å². The number of ether oxygens (including phenoxy) is 1. The summed E-state index contributed by atoms with van der Waals surface area (Å²) in [6.45, 7) is 6.26. The minimum atomic E-state index is -0.794. The molecule has 0 aliphatic carbocycles. The van der Waals surface area contributed by atoms with E-state index in [0.29, 0.717) is 19.3 Å². The van der Waals surface area contributed by atoms with Gasteiger partial charge in [-0.15, -0.1) is 0 Å². The molecule has 0 spiro atoms. The quantitative estimate of drug-likeness (QED) is 0.0322. The molecular weight excluding hydrogens is 743 g/mol. The summed E-state index contributed by atoms with van der Waals surface area (Å²) < 4.78 is 5.92. The number of allylic oxidation sites excluding steroid dienone is 10. The third-order valence-electron chi connectivity index (χ3n) is 11.3. The van der Waals surface area contributed by atoms with Crippen LogP contribution >= 0.6 is 0 Å². The van der Waals surface area contributed by atoms with E-state index in [1.54, 1.807) is 0 Å². The molecule has 0 heterocycles. The van der Waals surface area contributed by atoms with Gasteiger partial charge >= 0.3 is 5.97 Å². The van der Waals surface area contributed by atoms with E-state index >= 15 is 0 Å². The zero-order valence-corrected chi connectivity index (χ0v) is 39.6. The summed E-state index contributed by atoms with van der Waals surface area (Å²) in [7, 11) is 0. The van der Waals surface area contributed by atoms with Gasteiger partial charge in [0.15, 0.2) is 0 Å². The Morgan fingerprint density at radius 3 is 1.37 bits per heavy atom. The Hall–Kier alpha value is -2.44. The molecule has 0 aromatic carbocycles. The predicted molar refractivity (Wildman–Crippen MR) is 259 cm³/mol.